The molecule has 0 saturated heterocycles. The summed E-state index contributed by atoms with van der Waals surface area (Å²) in [5.41, 5.74) is 9.16. The van der Waals surface area contributed by atoms with Gasteiger partial charge in [0.05, 0.1) is 11.2 Å². The number of nitrogens with two attached hydrogens (primary N) is 1. The molecule has 4 heterocycles. The molecule has 8 heteroatoms. The minimum absolute atomic E-state index is 0.0657. The van der Waals surface area contributed by atoms with E-state index in [2.05, 4.69) is 28.2 Å². The standard InChI is InChI=1S/C21H19N5O2S/c1-9-5-11-10(2)7-20(3,4)26-14(11)12(6-9)21(18(26)27)13(8-22)16(23)28-17-15(21)24-19(29)25-17/h5-7H,23H2,1-4H3,(H2,24,25,29). The molecule has 0 radical (unpaired) electrons. The second-order valence-corrected chi connectivity index (χ2v) is 8.72. The van der Waals surface area contributed by atoms with Crippen LogP contribution in [0, 0.1) is 23.0 Å². The molecule has 5 rings (SSSR count). The van der Waals surface area contributed by atoms with Crippen LogP contribution in [-0.2, 0) is 10.2 Å². The Labute approximate surface area is 172 Å². The lowest BCUT2D eigenvalue weighted by atomic mass is 9.71. The van der Waals surface area contributed by atoms with Crippen molar-refractivity contribution in [2.45, 2.75) is 38.6 Å². The number of nitrogens with one attached hydrogen (secondary N) is 2. The first-order valence-corrected chi connectivity index (χ1v) is 9.64. The normalized spacial score (nSPS) is 23.5. The highest BCUT2D eigenvalue weighted by Crippen LogP contribution is 2.59. The number of carbonyl (C=O) groups excluding carboxylic acids is 1. The number of nitriles is 1. The monoisotopic (exact) mass is 405 g/mol. The Kier molecular flexibility index (Phi) is 3.18. The quantitative estimate of drug-likeness (QED) is 0.583. The third-order valence-electron chi connectivity index (χ3n) is 5.99. The van der Waals surface area contributed by atoms with Gasteiger partial charge in [0.1, 0.15) is 17.3 Å². The van der Waals surface area contributed by atoms with Gasteiger partial charge < -0.3 is 25.3 Å². The van der Waals surface area contributed by atoms with Crippen LogP contribution in [0.4, 0.5) is 5.69 Å². The van der Waals surface area contributed by atoms with Crippen LogP contribution >= 0.6 is 12.2 Å². The van der Waals surface area contributed by atoms with Gasteiger partial charge in [-0.3, -0.25) is 4.79 Å². The molecule has 1 amide bonds. The summed E-state index contributed by atoms with van der Waals surface area (Å²) in [6, 6.07) is 6.17. The summed E-state index contributed by atoms with van der Waals surface area (Å²) in [6.07, 6.45) is 2.08. The van der Waals surface area contributed by atoms with Gasteiger partial charge >= 0.3 is 0 Å². The number of H-pyrrole nitrogens is 2. The molecule has 0 fully saturated rings. The van der Waals surface area contributed by atoms with Crippen molar-refractivity contribution in [3.05, 3.63) is 56.8 Å². The Bertz CT molecular complexity index is 1300. The molecule has 29 heavy (non-hydrogen) atoms. The summed E-state index contributed by atoms with van der Waals surface area (Å²) in [4.78, 5) is 21.9. The van der Waals surface area contributed by atoms with E-state index in [0.29, 0.717) is 16.0 Å². The lowest BCUT2D eigenvalue weighted by molar-refractivity contribution is -0.121. The zero-order valence-electron chi connectivity index (χ0n) is 16.4. The number of hydrogen-bond donors (Lipinski definition) is 3. The summed E-state index contributed by atoms with van der Waals surface area (Å²) in [6.45, 7) is 7.99. The van der Waals surface area contributed by atoms with Crippen LogP contribution in [0.5, 0.6) is 5.88 Å². The molecule has 146 valence electrons. The lowest BCUT2D eigenvalue weighted by Gasteiger charge is -2.40. The van der Waals surface area contributed by atoms with E-state index in [-0.39, 0.29) is 23.2 Å². The van der Waals surface area contributed by atoms with E-state index in [4.69, 9.17) is 22.7 Å². The van der Waals surface area contributed by atoms with Crippen LogP contribution in [0.2, 0.25) is 0 Å². The molecule has 7 nitrogen and oxygen atoms in total. The zero-order chi connectivity index (χ0) is 20.9. The Hall–Kier alpha value is -3.31. The number of aromatic nitrogens is 2. The van der Waals surface area contributed by atoms with E-state index in [1.165, 1.54) is 0 Å². The fourth-order valence-corrected chi connectivity index (χ4v) is 5.21. The molecule has 0 bridgehead atoms. The minimum atomic E-state index is -1.44. The van der Waals surface area contributed by atoms with E-state index >= 15 is 0 Å². The predicted molar refractivity (Wildman–Crippen MR) is 111 cm³/mol. The predicted octanol–water partition coefficient (Wildman–Crippen LogP) is 3.30. The molecule has 0 saturated carbocycles. The number of anilines is 1. The van der Waals surface area contributed by atoms with Gasteiger partial charge in [-0.25, -0.2) is 0 Å². The van der Waals surface area contributed by atoms with Crippen molar-refractivity contribution in [2.24, 2.45) is 5.73 Å². The maximum atomic E-state index is 14.2. The van der Waals surface area contributed by atoms with E-state index < -0.39 is 11.0 Å². The number of ether oxygens (including phenoxy) is 1. The van der Waals surface area contributed by atoms with Crippen molar-refractivity contribution < 1.29 is 9.53 Å². The highest BCUT2D eigenvalue weighted by atomic mass is 32.1. The van der Waals surface area contributed by atoms with Crippen molar-refractivity contribution in [3.8, 4) is 11.9 Å². The lowest BCUT2D eigenvalue weighted by Crippen LogP contribution is -2.53. The molecule has 1 unspecified atom stereocenters. The number of rotatable bonds is 0. The van der Waals surface area contributed by atoms with Crippen LogP contribution in [0.3, 0.4) is 0 Å². The number of aromatic amines is 2. The van der Waals surface area contributed by atoms with Crippen molar-refractivity contribution in [1.82, 2.24) is 9.97 Å². The first-order valence-electron chi connectivity index (χ1n) is 9.23. The average molecular weight is 405 g/mol. The van der Waals surface area contributed by atoms with Gasteiger partial charge in [-0.2, -0.15) is 5.26 Å². The zero-order valence-corrected chi connectivity index (χ0v) is 17.2. The molecule has 4 N–H and O–H groups in total. The van der Waals surface area contributed by atoms with Gasteiger partial charge in [0.15, 0.2) is 10.2 Å². The van der Waals surface area contributed by atoms with Gasteiger partial charge in [-0.15, -0.1) is 0 Å². The number of carbonyl (C=O) groups is 1. The maximum absolute atomic E-state index is 14.2. The van der Waals surface area contributed by atoms with E-state index in [1.54, 1.807) is 4.90 Å². The number of nitrogens with zero attached hydrogens (tertiary/aromatic N) is 2. The van der Waals surface area contributed by atoms with Gasteiger partial charge in [0.2, 0.25) is 17.7 Å². The summed E-state index contributed by atoms with van der Waals surface area (Å²) in [7, 11) is 0. The minimum Gasteiger partial charge on any atom is -0.422 e. The molecule has 3 aliphatic heterocycles. The fraction of sp³-hybridized carbons (Fsp3) is 0.286. The molecule has 1 spiro atoms. The molecule has 1 atom stereocenters. The smallest absolute Gasteiger partial charge is 0.250 e. The number of allylic oxidation sites excluding steroid dienone is 1. The molecule has 3 aliphatic rings. The number of imidazole rings is 1. The van der Waals surface area contributed by atoms with Crippen LogP contribution < -0.4 is 15.4 Å². The SMILES string of the molecule is CC1=CC(C)(C)N2C(=O)C3(C(C#N)=C(N)Oc4[nH]c(=S)[nH]c43)c3cc(C)cc1c32. The first-order chi connectivity index (χ1) is 13.6. The Morgan fingerprint density at radius 2 is 2.00 bits per heavy atom. The van der Waals surface area contributed by atoms with Crippen LogP contribution in [0.15, 0.2) is 29.7 Å². The Morgan fingerprint density at radius 1 is 1.28 bits per heavy atom. The fourth-order valence-electron chi connectivity index (χ4n) is 5.01. The average Bonchev–Trinajstić information content (AvgIpc) is 3.10. The second-order valence-electron chi connectivity index (χ2n) is 8.32. The van der Waals surface area contributed by atoms with Crippen LogP contribution in [0.25, 0.3) is 5.57 Å². The van der Waals surface area contributed by atoms with Crippen molar-refractivity contribution in [2.75, 3.05) is 4.90 Å². The summed E-state index contributed by atoms with van der Waals surface area (Å²) in [5, 5.41) is 10.1. The molecule has 1 aromatic heterocycles. The topological polar surface area (TPSA) is 111 Å². The summed E-state index contributed by atoms with van der Waals surface area (Å²) in [5.74, 6) is -0.0870. The first kappa shape index (κ1) is 17.8. The van der Waals surface area contributed by atoms with E-state index in [9.17, 15) is 10.1 Å². The third-order valence-corrected chi connectivity index (χ3v) is 6.19. The third kappa shape index (κ3) is 1.90. The van der Waals surface area contributed by atoms with Crippen LogP contribution in [-0.4, -0.2) is 21.4 Å². The second kappa shape index (κ2) is 5.19. The number of fused-ring (bicyclic) bond motifs is 3. The molecular formula is C21H19N5O2S. The van der Waals surface area contributed by atoms with Gasteiger partial charge in [-0.05, 0) is 51.6 Å². The van der Waals surface area contributed by atoms with Crippen molar-refractivity contribution >= 4 is 29.4 Å². The Balaban J connectivity index is 2.01. The number of benzene rings is 1. The van der Waals surface area contributed by atoms with Gasteiger partial charge in [-0.1, -0.05) is 17.7 Å². The van der Waals surface area contributed by atoms with E-state index in [0.717, 1.165) is 22.4 Å². The molecule has 0 aliphatic carbocycles. The van der Waals surface area contributed by atoms with Crippen LogP contribution in [0.1, 0.15) is 43.2 Å². The highest BCUT2D eigenvalue weighted by Gasteiger charge is 2.63. The number of aryl methyl sites for hydroxylation is 1. The maximum Gasteiger partial charge on any atom is 0.250 e. The van der Waals surface area contributed by atoms with E-state index in [1.807, 2.05) is 33.8 Å². The number of amides is 1. The molecular weight excluding hydrogens is 386 g/mol. The van der Waals surface area contributed by atoms with Crippen molar-refractivity contribution in [3.63, 3.8) is 0 Å². The number of hydrogen-bond acceptors (Lipinski definition) is 5. The summed E-state index contributed by atoms with van der Waals surface area (Å²) < 4.78 is 5.92. The Morgan fingerprint density at radius 3 is 2.69 bits per heavy atom. The summed E-state index contributed by atoms with van der Waals surface area (Å²) >= 11 is 5.27. The van der Waals surface area contributed by atoms with Gasteiger partial charge in [0, 0.05) is 11.1 Å². The van der Waals surface area contributed by atoms with Gasteiger partial charge in [0.25, 0.3) is 0 Å². The highest BCUT2D eigenvalue weighted by molar-refractivity contribution is 7.71. The molecule has 1 aromatic carbocycles. The van der Waals surface area contributed by atoms with Crippen molar-refractivity contribution in [1.29, 1.82) is 5.26 Å². The molecule has 2 aromatic rings. The largest absolute Gasteiger partial charge is 0.422 e.